The first-order valence-corrected chi connectivity index (χ1v) is 15.5. The average molecular weight is 588 g/mol. The van der Waals surface area contributed by atoms with Crippen LogP contribution in [0.15, 0.2) is 29.2 Å². The second-order valence-electron chi connectivity index (χ2n) is 10.3. The van der Waals surface area contributed by atoms with E-state index in [1.54, 1.807) is 19.1 Å². The molecule has 4 N–H and O–H groups in total. The van der Waals surface area contributed by atoms with Crippen molar-refractivity contribution in [3.05, 3.63) is 46.0 Å². The molecule has 2 atom stereocenters. The van der Waals surface area contributed by atoms with Gasteiger partial charge < -0.3 is 19.6 Å². The van der Waals surface area contributed by atoms with Crippen LogP contribution in [-0.2, 0) is 27.7 Å². The Labute approximate surface area is 237 Å². The lowest BCUT2D eigenvalue weighted by atomic mass is 10.1. The summed E-state index contributed by atoms with van der Waals surface area (Å²) < 4.78 is 29.4. The molecule has 2 unspecified atom stereocenters. The van der Waals surface area contributed by atoms with Crippen LogP contribution in [0.25, 0.3) is 0 Å². The van der Waals surface area contributed by atoms with Gasteiger partial charge in [-0.1, -0.05) is 23.5 Å². The van der Waals surface area contributed by atoms with Crippen molar-refractivity contribution in [3.8, 4) is 0 Å². The van der Waals surface area contributed by atoms with Crippen LogP contribution in [0.2, 0.25) is 0 Å². The second-order valence-corrected chi connectivity index (χ2v) is 12.8. The number of rotatable bonds is 7. The van der Waals surface area contributed by atoms with Crippen molar-refractivity contribution >= 4 is 50.0 Å². The van der Waals surface area contributed by atoms with Crippen molar-refractivity contribution < 1.29 is 23.1 Å². The Balaban J connectivity index is 1.55. The highest BCUT2D eigenvalue weighted by Crippen LogP contribution is 2.36. The van der Waals surface area contributed by atoms with Crippen LogP contribution in [0, 0.1) is 6.92 Å². The van der Waals surface area contributed by atoms with Crippen molar-refractivity contribution in [1.82, 2.24) is 15.0 Å². The van der Waals surface area contributed by atoms with Crippen molar-refractivity contribution in [3.63, 3.8) is 0 Å². The summed E-state index contributed by atoms with van der Waals surface area (Å²) in [4.78, 5) is 30.5. The molecule has 0 aliphatic carbocycles. The number of carboxylic acid groups (broad SMARTS) is 1. The van der Waals surface area contributed by atoms with E-state index in [1.807, 2.05) is 13.8 Å². The molecule has 40 heavy (non-hydrogen) atoms. The molecule has 1 saturated heterocycles. The molecule has 2 aliphatic rings. The molecule has 0 amide bonds. The summed E-state index contributed by atoms with van der Waals surface area (Å²) in [7, 11) is -3.78. The van der Waals surface area contributed by atoms with E-state index in [4.69, 9.17) is 19.8 Å². The summed E-state index contributed by atoms with van der Waals surface area (Å²) in [6.07, 6.45) is 2.80. The van der Waals surface area contributed by atoms with E-state index in [0.29, 0.717) is 36.4 Å². The highest BCUT2D eigenvalue weighted by molar-refractivity contribution is 7.89. The van der Waals surface area contributed by atoms with Gasteiger partial charge in [0.2, 0.25) is 16.0 Å². The monoisotopic (exact) mass is 587 g/mol. The highest BCUT2D eigenvalue weighted by atomic mass is 32.2. The van der Waals surface area contributed by atoms with Crippen molar-refractivity contribution in [2.24, 2.45) is 5.14 Å². The first kappa shape index (κ1) is 28.2. The van der Waals surface area contributed by atoms with E-state index in [2.05, 4.69) is 20.1 Å². The Kier molecular flexibility index (Phi) is 7.95. The Morgan fingerprint density at radius 1 is 1.12 bits per heavy atom. The van der Waals surface area contributed by atoms with Crippen molar-refractivity contribution in [2.45, 2.75) is 63.7 Å². The van der Waals surface area contributed by atoms with Gasteiger partial charge in [0.15, 0.2) is 5.13 Å². The lowest BCUT2D eigenvalue weighted by Gasteiger charge is -2.37. The number of fused-ring (bicyclic) bond motifs is 1. The number of aromatic carboxylic acids is 1. The van der Waals surface area contributed by atoms with E-state index in [-0.39, 0.29) is 22.0 Å². The molecule has 2 aromatic heterocycles. The number of carboxylic acids is 1. The molecule has 14 heteroatoms. The predicted molar refractivity (Wildman–Crippen MR) is 153 cm³/mol. The number of morpholine rings is 1. The van der Waals surface area contributed by atoms with Gasteiger partial charge >= 0.3 is 5.97 Å². The van der Waals surface area contributed by atoms with Gasteiger partial charge in [-0.25, -0.2) is 23.3 Å². The maximum Gasteiger partial charge on any atom is 0.347 e. The predicted octanol–water partition coefficient (Wildman–Crippen LogP) is 3.29. The molecule has 0 bridgehead atoms. The number of carbonyl (C=O) groups is 1. The third-order valence-corrected chi connectivity index (χ3v) is 8.91. The molecule has 1 aromatic carbocycles. The number of aryl methyl sites for hydroxylation is 1. The van der Waals surface area contributed by atoms with Crippen molar-refractivity contribution in [1.29, 1.82) is 0 Å². The first-order chi connectivity index (χ1) is 19.0. The van der Waals surface area contributed by atoms with Crippen LogP contribution in [0.3, 0.4) is 0 Å². The molecule has 3 aromatic rings. The summed E-state index contributed by atoms with van der Waals surface area (Å²) in [5.74, 6) is 0.932. The zero-order valence-electron chi connectivity index (χ0n) is 22.6. The number of hydrogen-bond donors (Lipinski definition) is 3. The third kappa shape index (κ3) is 6.19. The SMILES string of the molecule is Cc1nc(Nc2nc3c(c(N4CC(C)OC(C)C4)n2)CCCCN3Cc2ccc(S(N)(=O)=O)cc2)sc1C(=O)O. The highest BCUT2D eigenvalue weighted by Gasteiger charge is 2.30. The molecule has 4 heterocycles. The zero-order valence-corrected chi connectivity index (χ0v) is 24.3. The van der Waals surface area contributed by atoms with Gasteiger partial charge in [0, 0.05) is 31.7 Å². The second kappa shape index (κ2) is 11.3. The number of sulfonamides is 1. The normalized spacial score (nSPS) is 19.7. The molecule has 5 rings (SSSR count). The first-order valence-electron chi connectivity index (χ1n) is 13.1. The fraction of sp³-hybridized carbons (Fsp3) is 0.462. The topological polar surface area (TPSA) is 164 Å². The number of nitrogens with two attached hydrogens (primary N) is 1. The van der Waals surface area contributed by atoms with E-state index >= 15 is 0 Å². The number of benzene rings is 1. The number of aromatic nitrogens is 3. The summed E-state index contributed by atoms with van der Waals surface area (Å²) in [6.45, 7) is 8.39. The van der Waals surface area contributed by atoms with Gasteiger partial charge in [-0.15, -0.1) is 0 Å². The smallest absolute Gasteiger partial charge is 0.347 e. The van der Waals surface area contributed by atoms with Crippen molar-refractivity contribution in [2.75, 3.05) is 34.8 Å². The molecule has 1 fully saturated rings. The molecule has 0 saturated carbocycles. The number of nitrogens with zero attached hydrogens (tertiary/aromatic N) is 5. The van der Waals surface area contributed by atoms with Crippen LogP contribution < -0.4 is 20.3 Å². The maximum atomic E-state index is 11.7. The number of ether oxygens (including phenoxy) is 1. The van der Waals surface area contributed by atoms with Crippen LogP contribution in [-0.4, -0.2) is 66.3 Å². The number of primary sulfonamides is 1. The van der Waals surface area contributed by atoms with Crippen LogP contribution in [0.5, 0.6) is 0 Å². The summed E-state index contributed by atoms with van der Waals surface area (Å²) in [6, 6.07) is 6.57. The number of thiazole rings is 1. The lowest BCUT2D eigenvalue weighted by Crippen LogP contribution is -2.46. The summed E-state index contributed by atoms with van der Waals surface area (Å²) >= 11 is 1.04. The van der Waals surface area contributed by atoms with Gasteiger partial charge in [0.05, 0.1) is 22.8 Å². The third-order valence-electron chi connectivity index (χ3n) is 6.92. The Morgan fingerprint density at radius 2 is 1.80 bits per heavy atom. The maximum absolute atomic E-state index is 11.7. The molecular weight excluding hydrogens is 554 g/mol. The summed E-state index contributed by atoms with van der Waals surface area (Å²) in [5.41, 5.74) is 2.40. The van der Waals surface area contributed by atoms with Crippen LogP contribution in [0.1, 0.15) is 53.2 Å². The number of anilines is 4. The van der Waals surface area contributed by atoms with E-state index < -0.39 is 16.0 Å². The minimum absolute atomic E-state index is 0.0322. The van der Waals surface area contributed by atoms with Gasteiger partial charge in [-0.05, 0) is 57.7 Å². The fourth-order valence-corrected chi connectivity index (χ4v) is 6.54. The standard InChI is InChI=1S/C26H33N7O5S2/c1-15-12-33(13-16(2)38-15)23-20-6-4-5-11-32(14-18-7-9-19(10-8-18)40(27,36)37)22(20)29-25(30-23)31-26-28-17(3)21(39-26)24(34)35/h7-10,15-16H,4-6,11-14H2,1-3H3,(H,34,35)(H2,27,36,37)(H,28,29,30,31). The largest absolute Gasteiger partial charge is 0.477 e. The minimum atomic E-state index is -3.78. The van der Waals surface area contributed by atoms with E-state index in [9.17, 15) is 18.3 Å². The van der Waals surface area contributed by atoms with Gasteiger partial charge in [-0.2, -0.15) is 9.97 Å². The van der Waals surface area contributed by atoms with Gasteiger partial charge in [0.25, 0.3) is 0 Å². The molecule has 2 aliphatic heterocycles. The average Bonchev–Trinajstić information content (AvgIpc) is 3.13. The van der Waals surface area contributed by atoms with Gasteiger partial charge in [0.1, 0.15) is 16.5 Å². The Hall–Kier alpha value is -3.33. The number of hydrogen-bond acceptors (Lipinski definition) is 11. The zero-order chi connectivity index (χ0) is 28.6. The van der Waals surface area contributed by atoms with Crippen LogP contribution >= 0.6 is 11.3 Å². The quantitative estimate of drug-likeness (QED) is 0.372. The molecular formula is C26H33N7O5S2. The summed E-state index contributed by atoms with van der Waals surface area (Å²) in [5, 5.41) is 18.3. The number of nitrogens with one attached hydrogen (secondary N) is 1. The van der Waals surface area contributed by atoms with Crippen LogP contribution in [0.4, 0.5) is 22.7 Å². The van der Waals surface area contributed by atoms with E-state index in [1.165, 1.54) is 12.1 Å². The molecule has 12 nitrogen and oxygen atoms in total. The Bertz CT molecular complexity index is 1500. The minimum Gasteiger partial charge on any atom is -0.477 e. The van der Waals surface area contributed by atoms with E-state index in [0.717, 1.165) is 59.9 Å². The molecule has 0 radical (unpaired) electrons. The van der Waals surface area contributed by atoms with Gasteiger partial charge in [-0.3, -0.25) is 5.32 Å². The lowest BCUT2D eigenvalue weighted by molar-refractivity contribution is -0.00551. The Morgan fingerprint density at radius 3 is 2.42 bits per heavy atom. The fourth-order valence-electron chi connectivity index (χ4n) is 5.23. The molecule has 0 spiro atoms. The molecule has 214 valence electrons.